The fourth-order valence-electron chi connectivity index (χ4n) is 5.42. The van der Waals surface area contributed by atoms with Gasteiger partial charge in [-0.2, -0.15) is 0 Å². The maximum atomic E-state index is 13.9. The number of nitrogens with zero attached hydrogens (tertiary/aromatic N) is 1. The van der Waals surface area contributed by atoms with Crippen LogP contribution in [0.3, 0.4) is 0 Å². The Morgan fingerprint density at radius 1 is 0.975 bits per heavy atom. The second-order valence-electron chi connectivity index (χ2n) is 12.3. The van der Waals surface area contributed by atoms with Crippen molar-refractivity contribution in [2.75, 3.05) is 0 Å². The van der Waals surface area contributed by atoms with Crippen LogP contribution in [0.4, 0.5) is 8.78 Å². The van der Waals surface area contributed by atoms with Crippen molar-refractivity contribution in [3.63, 3.8) is 0 Å². The Kier molecular flexibility index (Phi) is 8.86. The first-order chi connectivity index (χ1) is 18.7. The number of carbonyl (C=O) groups is 1. The lowest BCUT2D eigenvalue weighted by atomic mass is 10.0. The van der Waals surface area contributed by atoms with Crippen molar-refractivity contribution in [3.05, 3.63) is 71.9 Å². The molecule has 1 aliphatic heterocycles. The van der Waals surface area contributed by atoms with Crippen molar-refractivity contribution in [1.29, 1.82) is 0 Å². The molecule has 4 rings (SSSR count). The van der Waals surface area contributed by atoms with Gasteiger partial charge in [0.1, 0.15) is 17.2 Å². The quantitative estimate of drug-likeness (QED) is 0.264. The first kappa shape index (κ1) is 29.9. The van der Waals surface area contributed by atoms with Gasteiger partial charge >= 0.3 is 5.97 Å². The molecule has 5 nitrogen and oxygen atoms in total. The Morgan fingerprint density at radius 2 is 1.52 bits per heavy atom. The van der Waals surface area contributed by atoms with Crippen LogP contribution in [0.15, 0.2) is 54.6 Å². The predicted octanol–water partition coefficient (Wildman–Crippen LogP) is 8.26. The normalized spacial score (nSPS) is 19.1. The monoisotopic (exact) mass is 553 g/mol. The van der Waals surface area contributed by atoms with E-state index in [4.69, 9.17) is 14.2 Å². The highest BCUT2D eigenvalue weighted by atomic mass is 19.1. The van der Waals surface area contributed by atoms with Crippen molar-refractivity contribution < 1.29 is 27.8 Å². The largest absolute Gasteiger partial charge is 0.460 e. The van der Waals surface area contributed by atoms with Crippen molar-refractivity contribution in [3.8, 4) is 22.4 Å². The SMILES string of the molecule is CC(C)c1cc(-c2ccc(F)cc2)c(-c2ccc(F)cc2)n1CC[C@@H]1C[C@H](CC(=O)OC(C)(C)C)OC(C)(C)O1. The van der Waals surface area contributed by atoms with Gasteiger partial charge < -0.3 is 18.8 Å². The fraction of sp³-hybridized carbons (Fsp3) is 0.485. The molecular formula is C33H41F2NO4. The summed E-state index contributed by atoms with van der Waals surface area (Å²) >= 11 is 0. The third-order valence-electron chi connectivity index (χ3n) is 6.91. The van der Waals surface area contributed by atoms with Crippen molar-refractivity contribution >= 4 is 5.97 Å². The smallest absolute Gasteiger partial charge is 0.308 e. The zero-order valence-electron chi connectivity index (χ0n) is 24.6. The Balaban J connectivity index is 1.65. The van der Waals surface area contributed by atoms with Crippen LogP contribution >= 0.6 is 0 Å². The Hall–Kier alpha value is -3.03. The molecule has 0 amide bonds. The van der Waals surface area contributed by atoms with Gasteiger partial charge in [0.2, 0.25) is 0 Å². The summed E-state index contributed by atoms with van der Waals surface area (Å²) < 4.78 is 47.8. The summed E-state index contributed by atoms with van der Waals surface area (Å²) in [6, 6.07) is 15.1. The van der Waals surface area contributed by atoms with E-state index in [1.54, 1.807) is 24.3 Å². The molecule has 0 unspecified atom stereocenters. The molecule has 2 atom stereocenters. The van der Waals surface area contributed by atoms with E-state index < -0.39 is 11.4 Å². The van der Waals surface area contributed by atoms with E-state index in [2.05, 4.69) is 24.5 Å². The minimum absolute atomic E-state index is 0.145. The van der Waals surface area contributed by atoms with Crippen molar-refractivity contribution in [1.82, 2.24) is 4.57 Å². The average Bonchev–Trinajstić information content (AvgIpc) is 3.21. The minimum Gasteiger partial charge on any atom is -0.460 e. The summed E-state index contributed by atoms with van der Waals surface area (Å²) in [6.07, 6.45) is 0.954. The maximum absolute atomic E-state index is 13.9. The molecule has 0 saturated carbocycles. The van der Waals surface area contributed by atoms with E-state index in [1.165, 1.54) is 24.3 Å². The van der Waals surface area contributed by atoms with E-state index in [1.807, 2.05) is 34.6 Å². The van der Waals surface area contributed by atoms with Gasteiger partial charge in [0.15, 0.2) is 5.79 Å². The number of carbonyl (C=O) groups excluding carboxylic acids is 1. The van der Waals surface area contributed by atoms with Crippen LogP contribution in [0.5, 0.6) is 0 Å². The third kappa shape index (κ3) is 7.58. The number of hydrogen-bond acceptors (Lipinski definition) is 4. The number of rotatable bonds is 8. The van der Waals surface area contributed by atoms with E-state index in [0.29, 0.717) is 19.4 Å². The molecule has 0 N–H and O–H groups in total. The summed E-state index contributed by atoms with van der Waals surface area (Å²) in [5.41, 5.74) is 4.25. The number of halogens is 2. The second kappa shape index (κ2) is 11.8. The highest BCUT2D eigenvalue weighted by Crippen LogP contribution is 2.39. The maximum Gasteiger partial charge on any atom is 0.308 e. The van der Waals surface area contributed by atoms with Crippen LogP contribution < -0.4 is 0 Å². The predicted molar refractivity (Wildman–Crippen MR) is 153 cm³/mol. The Labute approximate surface area is 236 Å². The van der Waals surface area contributed by atoms with Gasteiger partial charge in [0, 0.05) is 24.2 Å². The fourth-order valence-corrected chi connectivity index (χ4v) is 5.42. The number of ether oxygens (including phenoxy) is 3. The Morgan fingerprint density at radius 3 is 2.08 bits per heavy atom. The highest BCUT2D eigenvalue weighted by molar-refractivity contribution is 5.83. The number of hydrogen-bond donors (Lipinski definition) is 0. The Bertz CT molecular complexity index is 1300. The van der Waals surface area contributed by atoms with Crippen LogP contribution in [-0.2, 0) is 25.5 Å². The summed E-state index contributed by atoms with van der Waals surface area (Å²) in [5.74, 6) is -1.52. The summed E-state index contributed by atoms with van der Waals surface area (Å²) in [4.78, 5) is 12.5. The molecule has 2 heterocycles. The molecule has 1 saturated heterocycles. The molecule has 2 aromatic carbocycles. The average molecular weight is 554 g/mol. The molecule has 1 fully saturated rings. The van der Waals surface area contributed by atoms with E-state index in [0.717, 1.165) is 28.1 Å². The number of esters is 1. The lowest BCUT2D eigenvalue weighted by Crippen LogP contribution is -2.46. The molecule has 0 radical (unpaired) electrons. The first-order valence-electron chi connectivity index (χ1n) is 14.0. The molecule has 3 aromatic rings. The van der Waals surface area contributed by atoms with Crippen LogP contribution in [0.1, 0.15) is 79.3 Å². The van der Waals surface area contributed by atoms with Crippen LogP contribution in [0, 0.1) is 11.6 Å². The molecule has 1 aliphatic rings. The third-order valence-corrected chi connectivity index (χ3v) is 6.91. The zero-order valence-corrected chi connectivity index (χ0v) is 24.6. The zero-order chi connectivity index (χ0) is 29.2. The molecule has 40 heavy (non-hydrogen) atoms. The van der Waals surface area contributed by atoms with Gasteiger partial charge in [0.25, 0.3) is 0 Å². The summed E-state index contributed by atoms with van der Waals surface area (Å²) in [6.45, 7) is 14.2. The standard InChI is InChI=1S/C33H41F2NO4/c1-21(2)29-20-28(22-8-12-24(34)13-9-22)31(23-10-14-25(35)15-11-23)36(29)17-16-26-18-27(39-33(6,7)38-26)19-30(37)40-32(3,4)5/h8-15,20-21,26-27H,16-19H2,1-7H3/t26-,27-/m1/s1. The summed E-state index contributed by atoms with van der Waals surface area (Å²) in [5, 5.41) is 0. The topological polar surface area (TPSA) is 49.7 Å². The number of benzene rings is 2. The van der Waals surface area contributed by atoms with E-state index >= 15 is 0 Å². The molecule has 0 bridgehead atoms. The molecule has 216 valence electrons. The van der Waals surface area contributed by atoms with Crippen LogP contribution in [0.2, 0.25) is 0 Å². The summed E-state index contributed by atoms with van der Waals surface area (Å²) in [7, 11) is 0. The van der Waals surface area contributed by atoms with Gasteiger partial charge in [-0.1, -0.05) is 26.0 Å². The molecular weight excluding hydrogens is 512 g/mol. The lowest BCUT2D eigenvalue weighted by Gasteiger charge is -2.41. The van der Waals surface area contributed by atoms with Crippen LogP contribution in [-0.4, -0.2) is 34.1 Å². The van der Waals surface area contributed by atoms with Gasteiger partial charge in [-0.25, -0.2) is 8.78 Å². The van der Waals surface area contributed by atoms with E-state index in [9.17, 15) is 13.6 Å². The van der Waals surface area contributed by atoms with Gasteiger partial charge in [-0.3, -0.25) is 4.79 Å². The van der Waals surface area contributed by atoms with Gasteiger partial charge in [0.05, 0.1) is 24.3 Å². The second-order valence-corrected chi connectivity index (χ2v) is 12.3. The van der Waals surface area contributed by atoms with Crippen molar-refractivity contribution in [2.24, 2.45) is 0 Å². The lowest BCUT2D eigenvalue weighted by molar-refractivity contribution is -0.301. The van der Waals surface area contributed by atoms with Gasteiger partial charge in [-0.05, 0) is 101 Å². The molecule has 7 heteroatoms. The minimum atomic E-state index is -0.841. The van der Waals surface area contributed by atoms with Gasteiger partial charge in [-0.15, -0.1) is 0 Å². The van der Waals surface area contributed by atoms with E-state index in [-0.39, 0.29) is 42.2 Å². The molecule has 0 spiro atoms. The first-order valence-corrected chi connectivity index (χ1v) is 14.0. The molecule has 0 aliphatic carbocycles. The highest BCUT2D eigenvalue weighted by Gasteiger charge is 2.37. The van der Waals surface area contributed by atoms with Crippen LogP contribution in [0.25, 0.3) is 22.4 Å². The molecule has 1 aromatic heterocycles. The number of aromatic nitrogens is 1. The van der Waals surface area contributed by atoms with Crippen molar-refractivity contribution in [2.45, 2.75) is 104 Å².